The van der Waals surface area contributed by atoms with E-state index in [9.17, 15) is 4.79 Å². The Morgan fingerprint density at radius 1 is 1.27 bits per heavy atom. The van der Waals surface area contributed by atoms with E-state index in [1.807, 2.05) is 27.7 Å². The molecule has 1 saturated heterocycles. The molecule has 0 bridgehead atoms. The van der Waals surface area contributed by atoms with Crippen molar-refractivity contribution in [3.05, 3.63) is 27.4 Å². The Balaban J connectivity index is 2.25. The van der Waals surface area contributed by atoms with Crippen LogP contribution in [0.1, 0.15) is 44.4 Å². The Labute approximate surface area is 141 Å². The molecule has 1 fully saturated rings. The topological polar surface area (TPSA) is 35.5 Å². The van der Waals surface area contributed by atoms with E-state index in [4.69, 9.17) is 9.31 Å². The van der Waals surface area contributed by atoms with Gasteiger partial charge in [-0.3, -0.25) is 4.79 Å². The van der Waals surface area contributed by atoms with E-state index in [-0.39, 0.29) is 16.3 Å². The first-order chi connectivity index (χ1) is 10.1. The molecule has 0 saturated carbocycles. The molecule has 22 heavy (non-hydrogen) atoms. The van der Waals surface area contributed by atoms with Gasteiger partial charge in [0.25, 0.3) is 0 Å². The van der Waals surface area contributed by atoms with Gasteiger partial charge in [0.05, 0.1) is 11.2 Å². The highest BCUT2D eigenvalue weighted by Crippen LogP contribution is 2.39. The van der Waals surface area contributed by atoms with Crippen molar-refractivity contribution in [3.63, 3.8) is 0 Å². The summed E-state index contributed by atoms with van der Waals surface area (Å²) in [5.74, 6) is 0.586. The van der Waals surface area contributed by atoms with Gasteiger partial charge in [-0.15, -0.1) is 11.3 Å². The van der Waals surface area contributed by atoms with Crippen LogP contribution in [0.5, 0.6) is 0 Å². The van der Waals surface area contributed by atoms with Gasteiger partial charge in [0, 0.05) is 22.4 Å². The van der Waals surface area contributed by atoms with Crippen LogP contribution in [0.4, 0.5) is 0 Å². The van der Waals surface area contributed by atoms with Crippen LogP contribution in [-0.4, -0.2) is 29.2 Å². The van der Waals surface area contributed by atoms with Crippen LogP contribution in [0.3, 0.4) is 0 Å². The minimum Gasteiger partial charge on any atom is -0.400 e. The van der Waals surface area contributed by atoms with E-state index < -0.39 is 7.12 Å². The summed E-state index contributed by atoms with van der Waals surface area (Å²) < 4.78 is 12.3. The van der Waals surface area contributed by atoms with E-state index in [1.54, 1.807) is 18.3 Å². The highest BCUT2D eigenvalue weighted by molar-refractivity contribution is 8.13. The summed E-state index contributed by atoms with van der Waals surface area (Å²) in [6, 6.07) is 4.18. The van der Waals surface area contributed by atoms with Gasteiger partial charge >= 0.3 is 7.12 Å². The number of carbonyl (C=O) groups excluding carboxylic acids is 1. The lowest BCUT2D eigenvalue weighted by atomic mass is 9.79. The van der Waals surface area contributed by atoms with Crippen LogP contribution in [-0.2, 0) is 14.1 Å². The Bertz CT molecular complexity index is 574. The summed E-state index contributed by atoms with van der Waals surface area (Å²) in [6.45, 7) is 11.8. The number of hydrogen-bond donors (Lipinski definition) is 0. The van der Waals surface area contributed by atoms with Gasteiger partial charge in [0.15, 0.2) is 5.12 Å². The first-order valence-electron chi connectivity index (χ1n) is 7.37. The third-order valence-electron chi connectivity index (χ3n) is 4.09. The molecule has 0 spiro atoms. The number of thioether (sulfide) groups is 1. The molecule has 0 atom stereocenters. The number of hydrogen-bond acceptors (Lipinski definition) is 5. The van der Waals surface area contributed by atoms with Gasteiger partial charge in [-0.05, 0) is 58.3 Å². The number of rotatable bonds is 4. The van der Waals surface area contributed by atoms with Crippen LogP contribution >= 0.6 is 23.1 Å². The normalized spacial score (nSPS) is 20.5. The smallest absolute Gasteiger partial charge is 0.400 e. The summed E-state index contributed by atoms with van der Waals surface area (Å²) in [7, 11) is -0.403. The van der Waals surface area contributed by atoms with Gasteiger partial charge < -0.3 is 9.31 Å². The molecule has 0 unspecified atom stereocenters. The Morgan fingerprint density at radius 3 is 2.32 bits per heavy atom. The van der Waals surface area contributed by atoms with E-state index in [2.05, 4.69) is 25.1 Å². The molecule has 0 N–H and O–H groups in total. The molecule has 3 nitrogen and oxygen atoms in total. The van der Waals surface area contributed by atoms with Gasteiger partial charge in [-0.1, -0.05) is 11.8 Å². The summed E-state index contributed by atoms with van der Waals surface area (Å²) in [6.07, 6.45) is 2.09. The predicted molar refractivity (Wildman–Crippen MR) is 96.3 cm³/mol. The van der Waals surface area contributed by atoms with Gasteiger partial charge in [-0.25, -0.2) is 0 Å². The van der Waals surface area contributed by atoms with Crippen molar-refractivity contribution < 1.29 is 14.1 Å². The highest BCUT2D eigenvalue weighted by atomic mass is 32.2. The van der Waals surface area contributed by atoms with E-state index in [1.165, 1.54) is 16.6 Å². The van der Waals surface area contributed by atoms with Crippen molar-refractivity contribution in [1.29, 1.82) is 0 Å². The molecule has 0 aromatic carbocycles. The monoisotopic (exact) mass is 338 g/mol. The van der Waals surface area contributed by atoms with Crippen LogP contribution in [0, 0.1) is 6.92 Å². The van der Waals surface area contributed by atoms with Gasteiger partial charge in [0.1, 0.15) is 0 Å². The molecule has 1 aliphatic rings. The third-order valence-corrected chi connectivity index (χ3v) is 5.92. The van der Waals surface area contributed by atoms with Crippen LogP contribution < -0.4 is 0 Å². The SMILES string of the molecule is CC(=O)SCC(=Cc1ccc(C)s1)B1OC(C)(C)C(C)(C)O1. The van der Waals surface area contributed by atoms with E-state index in [0.717, 1.165) is 10.3 Å². The zero-order valence-corrected chi connectivity index (χ0v) is 15.7. The molecule has 0 radical (unpaired) electrons. The van der Waals surface area contributed by atoms with Crippen LogP contribution in [0.15, 0.2) is 17.6 Å². The lowest BCUT2D eigenvalue weighted by Gasteiger charge is -2.32. The van der Waals surface area contributed by atoms with E-state index in [0.29, 0.717) is 5.75 Å². The standard InChI is InChI=1S/C16H23BO3S2/c1-11-7-8-14(22-11)9-13(10-21-12(2)18)17-19-15(3,4)16(5,6)20-17/h7-9H,10H2,1-6H3. The first kappa shape index (κ1) is 17.8. The van der Waals surface area contributed by atoms with Crippen molar-refractivity contribution in [2.45, 2.75) is 52.7 Å². The lowest BCUT2D eigenvalue weighted by molar-refractivity contribution is -0.109. The van der Waals surface area contributed by atoms with Crippen molar-refractivity contribution in [3.8, 4) is 0 Å². The highest BCUT2D eigenvalue weighted by Gasteiger charge is 2.52. The van der Waals surface area contributed by atoms with E-state index >= 15 is 0 Å². The summed E-state index contributed by atoms with van der Waals surface area (Å²) in [4.78, 5) is 13.8. The Morgan fingerprint density at radius 2 is 1.86 bits per heavy atom. The zero-order chi connectivity index (χ0) is 16.5. The molecule has 1 aromatic heterocycles. The quantitative estimate of drug-likeness (QED) is 0.765. The first-order valence-corrected chi connectivity index (χ1v) is 9.17. The van der Waals surface area contributed by atoms with Crippen molar-refractivity contribution >= 4 is 41.4 Å². The lowest BCUT2D eigenvalue weighted by Crippen LogP contribution is -2.41. The maximum Gasteiger partial charge on any atom is 0.491 e. The second-order valence-corrected chi connectivity index (χ2v) is 9.01. The maximum atomic E-state index is 11.3. The Kier molecular flexibility index (Phi) is 5.27. The molecule has 0 amide bonds. The van der Waals surface area contributed by atoms with Crippen molar-refractivity contribution in [2.24, 2.45) is 0 Å². The van der Waals surface area contributed by atoms with Crippen molar-refractivity contribution in [2.75, 3.05) is 5.75 Å². The van der Waals surface area contributed by atoms with Crippen molar-refractivity contribution in [1.82, 2.24) is 0 Å². The number of carbonyl (C=O) groups is 1. The van der Waals surface area contributed by atoms with Crippen LogP contribution in [0.25, 0.3) is 6.08 Å². The fraction of sp³-hybridized carbons (Fsp3) is 0.562. The molecular weight excluding hydrogens is 315 g/mol. The minimum absolute atomic E-state index is 0.102. The third kappa shape index (κ3) is 4.04. The molecule has 0 aliphatic carbocycles. The average molecular weight is 338 g/mol. The molecule has 6 heteroatoms. The molecule has 2 heterocycles. The largest absolute Gasteiger partial charge is 0.491 e. The van der Waals surface area contributed by atoms with Crippen LogP contribution in [0.2, 0.25) is 0 Å². The minimum atomic E-state index is -0.403. The number of aryl methyl sites for hydroxylation is 1. The molecule has 1 aromatic rings. The molecule has 1 aliphatic heterocycles. The average Bonchev–Trinajstić information content (AvgIpc) is 2.86. The second-order valence-electron chi connectivity index (χ2n) is 6.54. The Hall–Kier alpha value is -0.555. The predicted octanol–water partition coefficient (Wildman–Crippen LogP) is 4.35. The summed E-state index contributed by atoms with van der Waals surface area (Å²) in [5.41, 5.74) is 0.257. The molecule has 2 rings (SSSR count). The number of thiophene rings is 1. The molecular formula is C16H23BO3S2. The second kappa shape index (κ2) is 6.52. The fourth-order valence-electron chi connectivity index (χ4n) is 2.07. The summed E-state index contributed by atoms with van der Waals surface area (Å²) >= 11 is 3.02. The van der Waals surface area contributed by atoms with Gasteiger partial charge in [-0.2, -0.15) is 0 Å². The summed E-state index contributed by atoms with van der Waals surface area (Å²) in [5, 5.41) is 0.102. The zero-order valence-electron chi connectivity index (χ0n) is 14.1. The fourth-order valence-corrected chi connectivity index (χ4v) is 3.51. The maximum absolute atomic E-state index is 11.3. The van der Waals surface area contributed by atoms with Gasteiger partial charge in [0.2, 0.25) is 0 Å². The molecule has 120 valence electrons.